The maximum Gasteiger partial charge on any atom is 0.259 e. The standard InChI is InChI=1S/C21H26BrNO4/c1-15(2)10-11-26-18-7-5-17(6-8-18)23-21(24)19-14-16(22)4-9-20(19)27-13-12-25-3/h4-9,14-15H,10-13H2,1-3H3,(H,23,24). The molecule has 0 radical (unpaired) electrons. The second kappa shape index (κ2) is 10.9. The Balaban J connectivity index is 2.00. The molecule has 0 saturated carbocycles. The molecule has 27 heavy (non-hydrogen) atoms. The first-order valence-corrected chi connectivity index (χ1v) is 9.74. The minimum absolute atomic E-state index is 0.239. The molecule has 0 aliphatic rings. The van der Waals surface area contributed by atoms with Crippen LogP contribution in [0.25, 0.3) is 0 Å². The van der Waals surface area contributed by atoms with Crippen molar-refractivity contribution in [3.05, 3.63) is 52.5 Å². The highest BCUT2D eigenvalue weighted by Gasteiger charge is 2.14. The number of methoxy groups -OCH3 is 1. The van der Waals surface area contributed by atoms with Crippen molar-refractivity contribution in [3.63, 3.8) is 0 Å². The molecule has 0 unspecified atom stereocenters. The van der Waals surface area contributed by atoms with Gasteiger partial charge in [-0.3, -0.25) is 4.79 Å². The molecule has 0 aliphatic carbocycles. The Kier molecular flexibility index (Phi) is 8.61. The zero-order chi connectivity index (χ0) is 19.6. The average Bonchev–Trinajstić information content (AvgIpc) is 2.64. The van der Waals surface area contributed by atoms with Crippen LogP contribution in [0.15, 0.2) is 46.9 Å². The lowest BCUT2D eigenvalue weighted by Crippen LogP contribution is -2.15. The number of rotatable bonds is 10. The third-order valence-corrected chi connectivity index (χ3v) is 4.30. The molecule has 1 amide bonds. The van der Waals surface area contributed by atoms with E-state index in [-0.39, 0.29) is 5.91 Å². The van der Waals surface area contributed by atoms with Gasteiger partial charge in [0.25, 0.3) is 5.91 Å². The topological polar surface area (TPSA) is 56.8 Å². The number of hydrogen-bond donors (Lipinski definition) is 1. The maximum absolute atomic E-state index is 12.7. The molecular formula is C21H26BrNO4. The van der Waals surface area contributed by atoms with E-state index < -0.39 is 0 Å². The lowest BCUT2D eigenvalue weighted by molar-refractivity contribution is 0.101. The van der Waals surface area contributed by atoms with Crippen LogP contribution in [0, 0.1) is 5.92 Å². The number of nitrogens with one attached hydrogen (secondary N) is 1. The fraction of sp³-hybridized carbons (Fsp3) is 0.381. The summed E-state index contributed by atoms with van der Waals surface area (Å²) in [7, 11) is 1.61. The predicted molar refractivity (Wildman–Crippen MR) is 111 cm³/mol. The van der Waals surface area contributed by atoms with Crippen molar-refractivity contribution >= 4 is 27.5 Å². The van der Waals surface area contributed by atoms with Gasteiger partial charge in [0.05, 0.1) is 18.8 Å². The first kappa shape index (κ1) is 21.3. The van der Waals surface area contributed by atoms with E-state index in [9.17, 15) is 4.79 Å². The second-order valence-electron chi connectivity index (χ2n) is 6.49. The van der Waals surface area contributed by atoms with Crippen LogP contribution in [-0.2, 0) is 4.74 Å². The van der Waals surface area contributed by atoms with E-state index in [0.717, 1.165) is 16.6 Å². The van der Waals surface area contributed by atoms with E-state index in [4.69, 9.17) is 14.2 Å². The third-order valence-electron chi connectivity index (χ3n) is 3.81. The van der Waals surface area contributed by atoms with Crippen LogP contribution in [0.3, 0.4) is 0 Å². The van der Waals surface area contributed by atoms with Gasteiger partial charge in [0.15, 0.2) is 0 Å². The van der Waals surface area contributed by atoms with Crippen molar-refractivity contribution in [2.45, 2.75) is 20.3 Å². The summed E-state index contributed by atoms with van der Waals surface area (Å²) in [6, 6.07) is 12.7. The molecule has 0 atom stereocenters. The zero-order valence-corrected chi connectivity index (χ0v) is 17.5. The van der Waals surface area contributed by atoms with E-state index in [1.54, 1.807) is 19.2 Å². The highest BCUT2D eigenvalue weighted by Crippen LogP contribution is 2.25. The molecule has 2 aromatic carbocycles. The molecule has 0 fully saturated rings. The van der Waals surface area contributed by atoms with Gasteiger partial charge in [0, 0.05) is 17.3 Å². The Morgan fingerprint density at radius 1 is 1.04 bits per heavy atom. The van der Waals surface area contributed by atoms with Gasteiger partial charge < -0.3 is 19.5 Å². The number of carbonyl (C=O) groups excluding carboxylic acids is 1. The van der Waals surface area contributed by atoms with Crippen LogP contribution >= 0.6 is 15.9 Å². The molecule has 0 aliphatic heterocycles. The van der Waals surface area contributed by atoms with Crippen molar-refractivity contribution in [3.8, 4) is 11.5 Å². The number of amides is 1. The number of benzene rings is 2. The Hall–Kier alpha value is -2.05. The van der Waals surface area contributed by atoms with E-state index in [1.165, 1.54) is 0 Å². The van der Waals surface area contributed by atoms with Crippen molar-refractivity contribution in [2.24, 2.45) is 5.92 Å². The first-order chi connectivity index (χ1) is 13.0. The Morgan fingerprint density at radius 3 is 2.44 bits per heavy atom. The van der Waals surface area contributed by atoms with Crippen LogP contribution in [0.2, 0.25) is 0 Å². The third kappa shape index (κ3) is 7.23. The number of hydrogen-bond acceptors (Lipinski definition) is 4. The fourth-order valence-corrected chi connectivity index (χ4v) is 2.65. The van der Waals surface area contributed by atoms with Gasteiger partial charge in [-0.05, 0) is 54.8 Å². The van der Waals surface area contributed by atoms with Crippen molar-refractivity contribution in [1.29, 1.82) is 0 Å². The minimum Gasteiger partial charge on any atom is -0.494 e. The van der Waals surface area contributed by atoms with Gasteiger partial charge in [-0.2, -0.15) is 0 Å². The van der Waals surface area contributed by atoms with E-state index >= 15 is 0 Å². The molecular weight excluding hydrogens is 410 g/mol. The molecule has 2 aromatic rings. The summed E-state index contributed by atoms with van der Waals surface area (Å²) in [5.74, 6) is 1.67. The zero-order valence-electron chi connectivity index (χ0n) is 16.0. The van der Waals surface area contributed by atoms with Gasteiger partial charge >= 0.3 is 0 Å². The average molecular weight is 436 g/mol. The van der Waals surface area contributed by atoms with Gasteiger partial charge in [-0.15, -0.1) is 0 Å². The fourth-order valence-electron chi connectivity index (χ4n) is 2.29. The summed E-state index contributed by atoms with van der Waals surface area (Å²) < 4.78 is 17.1. The van der Waals surface area contributed by atoms with Crippen molar-refractivity contribution in [1.82, 2.24) is 0 Å². The molecule has 5 nitrogen and oxygen atoms in total. The lowest BCUT2D eigenvalue weighted by atomic mass is 10.1. The molecule has 0 heterocycles. The first-order valence-electron chi connectivity index (χ1n) is 8.95. The summed E-state index contributed by atoms with van der Waals surface area (Å²) in [4.78, 5) is 12.7. The lowest BCUT2D eigenvalue weighted by Gasteiger charge is -2.13. The molecule has 0 spiro atoms. The minimum atomic E-state index is -0.239. The molecule has 0 saturated heterocycles. The highest BCUT2D eigenvalue weighted by molar-refractivity contribution is 9.10. The molecule has 1 N–H and O–H groups in total. The Labute approximate surface area is 169 Å². The molecule has 2 rings (SSSR count). The van der Waals surface area contributed by atoms with Crippen LogP contribution in [0.1, 0.15) is 30.6 Å². The monoisotopic (exact) mass is 435 g/mol. The van der Waals surface area contributed by atoms with Gasteiger partial charge in [-0.1, -0.05) is 29.8 Å². The van der Waals surface area contributed by atoms with Crippen molar-refractivity contribution < 1.29 is 19.0 Å². The molecule has 6 heteroatoms. The summed E-state index contributed by atoms with van der Waals surface area (Å²) >= 11 is 3.40. The summed E-state index contributed by atoms with van der Waals surface area (Å²) in [6.45, 7) is 5.84. The number of ether oxygens (including phenoxy) is 3. The molecule has 0 aromatic heterocycles. The van der Waals surface area contributed by atoms with Crippen LogP contribution in [0.5, 0.6) is 11.5 Å². The summed E-state index contributed by atoms with van der Waals surface area (Å²) in [5, 5.41) is 2.89. The van der Waals surface area contributed by atoms with Gasteiger partial charge in [0.1, 0.15) is 18.1 Å². The van der Waals surface area contributed by atoms with Crippen LogP contribution < -0.4 is 14.8 Å². The molecule has 146 valence electrons. The van der Waals surface area contributed by atoms with E-state index in [2.05, 4.69) is 35.1 Å². The van der Waals surface area contributed by atoms with E-state index in [1.807, 2.05) is 30.3 Å². The Bertz CT molecular complexity index is 731. The maximum atomic E-state index is 12.7. The van der Waals surface area contributed by atoms with Gasteiger partial charge in [0.2, 0.25) is 0 Å². The number of carbonyl (C=O) groups is 1. The van der Waals surface area contributed by atoms with Crippen molar-refractivity contribution in [2.75, 3.05) is 32.2 Å². The largest absolute Gasteiger partial charge is 0.494 e. The predicted octanol–water partition coefficient (Wildman–Crippen LogP) is 5.15. The smallest absolute Gasteiger partial charge is 0.259 e. The van der Waals surface area contributed by atoms with Crippen LogP contribution in [-0.4, -0.2) is 32.8 Å². The normalized spacial score (nSPS) is 10.7. The summed E-state index contributed by atoms with van der Waals surface area (Å²) in [6.07, 6.45) is 1.01. The summed E-state index contributed by atoms with van der Waals surface area (Å²) in [5.41, 5.74) is 1.15. The SMILES string of the molecule is COCCOc1ccc(Br)cc1C(=O)Nc1ccc(OCCC(C)C)cc1. The Morgan fingerprint density at radius 2 is 1.78 bits per heavy atom. The second-order valence-corrected chi connectivity index (χ2v) is 7.41. The van der Waals surface area contributed by atoms with Gasteiger partial charge in [-0.25, -0.2) is 0 Å². The van der Waals surface area contributed by atoms with Crippen LogP contribution in [0.4, 0.5) is 5.69 Å². The van der Waals surface area contributed by atoms with E-state index in [0.29, 0.717) is 42.7 Å². The molecule has 0 bridgehead atoms. The number of anilines is 1. The highest BCUT2D eigenvalue weighted by atomic mass is 79.9. The quantitative estimate of drug-likeness (QED) is 0.524. The number of halogens is 1.